The number of rotatable bonds is 9. The first-order valence-corrected chi connectivity index (χ1v) is 21.6. The van der Waals surface area contributed by atoms with Gasteiger partial charge in [-0.3, -0.25) is 9.78 Å². The number of aliphatic hydroxyl groups excluding tert-OH is 1. The minimum atomic E-state index is -1.52. The molecule has 1 aliphatic rings. The van der Waals surface area contributed by atoms with Gasteiger partial charge >= 0.3 is 0 Å². The van der Waals surface area contributed by atoms with E-state index < -0.39 is 11.8 Å². The molecule has 0 bridgehead atoms. The summed E-state index contributed by atoms with van der Waals surface area (Å²) in [5, 5.41) is 14.3. The smallest absolute Gasteiger partial charge is 0.162 e. The number of ketones is 1. The van der Waals surface area contributed by atoms with Crippen molar-refractivity contribution in [3.63, 3.8) is 0 Å². The average Bonchev–Trinajstić information content (AvgIpc) is 3.52. The van der Waals surface area contributed by atoms with Crippen molar-refractivity contribution < 1.29 is 32.7 Å². The third-order valence-corrected chi connectivity index (χ3v) is 13.1. The zero-order valence-electron chi connectivity index (χ0n) is 38.6. The summed E-state index contributed by atoms with van der Waals surface area (Å²) in [6.07, 6.45) is 7.50. The van der Waals surface area contributed by atoms with Gasteiger partial charge in [-0.15, -0.1) is 40.5 Å². The molecule has 0 unspecified atom stereocenters. The summed E-state index contributed by atoms with van der Waals surface area (Å²) in [5.74, 6) is 0.547. The van der Waals surface area contributed by atoms with Crippen LogP contribution in [0.5, 0.6) is 0 Å². The molecular weight excluding hydrogens is 883 g/mol. The van der Waals surface area contributed by atoms with E-state index in [0.29, 0.717) is 0 Å². The predicted octanol–water partition coefficient (Wildman–Crippen LogP) is 15.2. The molecule has 0 amide bonds. The van der Waals surface area contributed by atoms with Crippen LogP contribution in [0.3, 0.4) is 0 Å². The number of carbonyl (C=O) groups excluding carboxylic acids is 1. The van der Waals surface area contributed by atoms with Gasteiger partial charge in [-0.05, 0) is 94.7 Å². The van der Waals surface area contributed by atoms with Gasteiger partial charge in [0, 0.05) is 67.4 Å². The maximum Gasteiger partial charge on any atom is 0.162 e. The largest absolute Gasteiger partial charge is 0.512 e. The van der Waals surface area contributed by atoms with Crippen LogP contribution in [0.4, 0.5) is 0 Å². The number of aliphatic hydroxyl groups is 1. The molecule has 1 radical (unpaired) electrons. The number of fused-ring (bicyclic) bond motifs is 6. The number of hydrogen-bond acceptors (Lipinski definition) is 4. The van der Waals surface area contributed by atoms with Gasteiger partial charge in [-0.2, -0.15) is 0 Å². The van der Waals surface area contributed by atoms with Crippen molar-refractivity contribution >= 4 is 48.1 Å². The van der Waals surface area contributed by atoms with E-state index in [-0.39, 0.29) is 59.7 Å². The zero-order chi connectivity index (χ0) is 42.5. The Labute approximate surface area is 359 Å². The summed E-state index contributed by atoms with van der Waals surface area (Å²) >= 11 is 1.81. The van der Waals surface area contributed by atoms with Crippen LogP contribution in [0.1, 0.15) is 160 Å². The SMILES string of the molecule is CCC(CC)C(=O)/C=C(\O)C(CC)CC.[2H]C([2H])(c1cc2c(c3sc4c(-c5[c-]c6ccccc6c(C(C)(C)C)c5)nccc4c13)C(C)(C)CCC2(C)C)C(C)(C)C.[Ir]. The van der Waals surface area contributed by atoms with Crippen LogP contribution in [-0.4, -0.2) is 15.9 Å². The fraction of sp³-hybridized carbons (Fsp3) is 0.529. The molecule has 0 atom stereocenters. The number of aromatic nitrogens is 1. The maximum atomic E-state index is 11.7. The number of benzene rings is 3. The Morgan fingerprint density at radius 2 is 1.50 bits per heavy atom. The Morgan fingerprint density at radius 3 is 2.09 bits per heavy atom. The molecule has 5 heteroatoms. The van der Waals surface area contributed by atoms with Gasteiger partial charge in [0.2, 0.25) is 0 Å². The van der Waals surface area contributed by atoms with Crippen LogP contribution >= 0.6 is 11.3 Å². The van der Waals surface area contributed by atoms with Crippen LogP contribution in [0, 0.1) is 23.3 Å². The van der Waals surface area contributed by atoms with E-state index in [0.717, 1.165) is 76.2 Å². The Bertz CT molecular complexity index is 2300. The first kappa shape index (κ1) is 42.7. The van der Waals surface area contributed by atoms with Crippen molar-refractivity contribution in [2.24, 2.45) is 17.3 Å². The molecule has 0 fully saturated rings. The fourth-order valence-corrected chi connectivity index (χ4v) is 9.97. The summed E-state index contributed by atoms with van der Waals surface area (Å²) < 4.78 is 21.4. The van der Waals surface area contributed by atoms with E-state index in [4.69, 9.17) is 4.98 Å². The molecule has 0 spiro atoms. The molecule has 2 heterocycles. The number of allylic oxidation sites excluding steroid dienone is 2. The Kier molecular flexibility index (Phi) is 13.4. The van der Waals surface area contributed by atoms with Crippen molar-refractivity contribution in [3.05, 3.63) is 88.8 Å². The quantitative estimate of drug-likeness (QED) is 0.0910. The molecule has 5 aromatic rings. The maximum absolute atomic E-state index is 11.7. The third-order valence-electron chi connectivity index (χ3n) is 11.9. The number of pyridine rings is 1. The number of carbonyl (C=O) groups is 1. The van der Waals surface area contributed by atoms with Crippen LogP contribution in [0.15, 0.2) is 60.5 Å². The van der Waals surface area contributed by atoms with E-state index in [1.165, 1.54) is 32.9 Å². The van der Waals surface area contributed by atoms with Crippen molar-refractivity contribution in [3.8, 4) is 11.3 Å². The van der Waals surface area contributed by atoms with Gasteiger partial charge in [0.05, 0.1) is 5.76 Å². The Hall–Kier alpha value is -2.85. The first-order valence-electron chi connectivity index (χ1n) is 21.7. The van der Waals surface area contributed by atoms with Crippen LogP contribution in [-0.2, 0) is 47.5 Å². The average molecular weight is 953 g/mol. The number of thiophene rings is 1. The zero-order valence-corrected chi connectivity index (χ0v) is 39.8. The standard InChI is InChI=1S/C38H44NS.C13H24O2.Ir/c1-35(2,3)22-25-21-29-31(38(9,10)17-16-37(29,7)8)34-30(25)27-15-18-39-32(33(27)40-34)24-19-23-13-11-12-14-26(23)28(20-24)36(4,5)6;1-5-10(6-2)12(14)9-13(15)11(7-3)8-4;/h11-15,18,20-21H,16-17,22H2,1-10H3;9-11,14H,5-8H2,1-4H3;/q-1;;/b;12-9-;/i22D2;;. The summed E-state index contributed by atoms with van der Waals surface area (Å²) in [5.41, 5.74) is 6.12. The van der Waals surface area contributed by atoms with E-state index in [2.05, 4.69) is 97.0 Å². The number of nitrogens with zero attached hydrogens (tertiary/aromatic N) is 1. The van der Waals surface area contributed by atoms with E-state index in [9.17, 15) is 12.6 Å². The van der Waals surface area contributed by atoms with Gasteiger partial charge in [0.1, 0.15) is 0 Å². The van der Waals surface area contributed by atoms with Gasteiger partial charge < -0.3 is 5.11 Å². The molecule has 305 valence electrons. The van der Waals surface area contributed by atoms with E-state index in [1.807, 2.05) is 66.0 Å². The minimum Gasteiger partial charge on any atom is -0.512 e. The summed E-state index contributed by atoms with van der Waals surface area (Å²) in [6, 6.07) is 18.9. The molecule has 6 rings (SSSR count). The van der Waals surface area contributed by atoms with Crippen LogP contribution in [0.25, 0.3) is 42.2 Å². The fourth-order valence-electron chi connectivity index (χ4n) is 8.42. The monoisotopic (exact) mass is 953 g/mol. The van der Waals surface area contributed by atoms with E-state index >= 15 is 0 Å². The van der Waals surface area contributed by atoms with Crippen LogP contribution < -0.4 is 0 Å². The van der Waals surface area contributed by atoms with Crippen molar-refractivity contribution in [2.75, 3.05) is 0 Å². The topological polar surface area (TPSA) is 50.2 Å². The Balaban J connectivity index is 0.000000398. The Morgan fingerprint density at radius 1 is 0.893 bits per heavy atom. The van der Waals surface area contributed by atoms with Gasteiger partial charge in [0.25, 0.3) is 0 Å². The van der Waals surface area contributed by atoms with E-state index in [1.54, 1.807) is 0 Å². The van der Waals surface area contributed by atoms with Crippen molar-refractivity contribution in [2.45, 2.75) is 158 Å². The minimum absolute atomic E-state index is 0. The summed E-state index contributed by atoms with van der Waals surface area (Å²) in [7, 11) is 0. The van der Waals surface area contributed by atoms with Crippen LogP contribution in [0.2, 0.25) is 0 Å². The molecular formula is C51H68IrNO2S-. The normalized spacial score (nSPS) is 16.3. The molecule has 0 aliphatic heterocycles. The molecule has 3 nitrogen and oxygen atoms in total. The van der Waals surface area contributed by atoms with Gasteiger partial charge in [-0.1, -0.05) is 132 Å². The molecule has 3 aromatic carbocycles. The molecule has 2 aromatic heterocycles. The second kappa shape index (κ2) is 17.6. The molecule has 1 aliphatic carbocycles. The second-order valence-corrected chi connectivity index (χ2v) is 20.2. The van der Waals surface area contributed by atoms with Crippen molar-refractivity contribution in [1.82, 2.24) is 4.98 Å². The summed E-state index contributed by atoms with van der Waals surface area (Å²) in [4.78, 5) is 16.7. The molecule has 0 saturated heterocycles. The molecule has 1 N–H and O–H groups in total. The second-order valence-electron chi connectivity index (χ2n) is 19.2. The first-order chi connectivity index (χ1) is 26.4. The predicted molar refractivity (Wildman–Crippen MR) is 240 cm³/mol. The molecule has 0 saturated carbocycles. The van der Waals surface area contributed by atoms with Gasteiger partial charge in [0.15, 0.2) is 5.78 Å². The number of hydrogen-bond donors (Lipinski definition) is 1. The summed E-state index contributed by atoms with van der Waals surface area (Å²) in [6.45, 7) is 30.3. The van der Waals surface area contributed by atoms with Crippen molar-refractivity contribution in [1.29, 1.82) is 0 Å². The third kappa shape index (κ3) is 9.54. The molecule has 56 heavy (non-hydrogen) atoms. The van der Waals surface area contributed by atoms with Gasteiger partial charge in [-0.25, -0.2) is 0 Å².